The summed E-state index contributed by atoms with van der Waals surface area (Å²) >= 11 is 6.02. The predicted octanol–water partition coefficient (Wildman–Crippen LogP) is 4.16. The molecule has 0 aliphatic rings. The van der Waals surface area contributed by atoms with Crippen LogP contribution in [0.25, 0.3) is 0 Å². The summed E-state index contributed by atoms with van der Waals surface area (Å²) in [5.74, 6) is 0.394. The van der Waals surface area contributed by atoms with E-state index in [1.807, 2.05) is 12.1 Å². The predicted molar refractivity (Wildman–Crippen MR) is 94.1 cm³/mol. The number of carbonyl (C=O) groups is 1. The molecule has 4 heteroatoms. The fraction of sp³-hybridized carbons (Fsp3) is 0.316. The summed E-state index contributed by atoms with van der Waals surface area (Å²) in [6.07, 6.45) is 1.27. The van der Waals surface area contributed by atoms with Crippen LogP contribution in [-0.4, -0.2) is 18.6 Å². The van der Waals surface area contributed by atoms with Gasteiger partial charge >= 0.3 is 0 Å². The van der Waals surface area contributed by atoms with Gasteiger partial charge in [-0.05, 0) is 44.4 Å². The highest BCUT2D eigenvalue weighted by atomic mass is 35.5. The Morgan fingerprint density at radius 3 is 2.57 bits per heavy atom. The van der Waals surface area contributed by atoms with Gasteiger partial charge in [0.15, 0.2) is 6.10 Å². The molecule has 0 spiro atoms. The molecule has 1 atom stereocenters. The van der Waals surface area contributed by atoms with Gasteiger partial charge in [-0.2, -0.15) is 0 Å². The van der Waals surface area contributed by atoms with E-state index in [-0.39, 0.29) is 5.91 Å². The van der Waals surface area contributed by atoms with Crippen molar-refractivity contribution in [3.8, 4) is 5.75 Å². The Morgan fingerprint density at radius 2 is 1.87 bits per heavy atom. The van der Waals surface area contributed by atoms with E-state index >= 15 is 0 Å². The van der Waals surface area contributed by atoms with Gasteiger partial charge in [0.2, 0.25) is 0 Å². The number of nitrogens with one attached hydrogen (secondary N) is 1. The van der Waals surface area contributed by atoms with Crippen molar-refractivity contribution in [1.29, 1.82) is 0 Å². The minimum absolute atomic E-state index is 0.131. The summed E-state index contributed by atoms with van der Waals surface area (Å²) in [4.78, 5) is 12.0. The fourth-order valence-electron chi connectivity index (χ4n) is 2.19. The van der Waals surface area contributed by atoms with Crippen molar-refractivity contribution >= 4 is 17.5 Å². The number of amides is 1. The average Bonchev–Trinajstić information content (AvgIpc) is 2.55. The molecule has 0 saturated heterocycles. The van der Waals surface area contributed by atoms with Crippen LogP contribution in [0.1, 0.15) is 24.5 Å². The van der Waals surface area contributed by atoms with E-state index in [0.29, 0.717) is 17.3 Å². The first-order valence-electron chi connectivity index (χ1n) is 7.80. The number of carbonyl (C=O) groups excluding carboxylic acids is 1. The fourth-order valence-corrected chi connectivity index (χ4v) is 2.37. The van der Waals surface area contributed by atoms with E-state index in [1.54, 1.807) is 19.1 Å². The standard InChI is InChI=1S/C19H22ClNO2/c1-14-9-11-16(12-10-14)6-5-13-21-19(22)15(2)23-18-8-4-3-7-17(18)20/h3-4,7-12,15H,5-6,13H2,1-2H3,(H,21,22). The van der Waals surface area contributed by atoms with E-state index in [9.17, 15) is 4.79 Å². The first kappa shape index (κ1) is 17.4. The lowest BCUT2D eigenvalue weighted by Crippen LogP contribution is -2.37. The third-order valence-electron chi connectivity index (χ3n) is 3.57. The van der Waals surface area contributed by atoms with Crippen molar-refractivity contribution in [3.63, 3.8) is 0 Å². The van der Waals surface area contributed by atoms with Gasteiger partial charge in [-0.15, -0.1) is 0 Å². The van der Waals surface area contributed by atoms with Crippen molar-refractivity contribution in [1.82, 2.24) is 5.32 Å². The molecule has 1 amide bonds. The number of benzene rings is 2. The molecule has 0 fully saturated rings. The molecule has 1 unspecified atom stereocenters. The molecule has 0 radical (unpaired) electrons. The molecule has 0 heterocycles. The molecule has 23 heavy (non-hydrogen) atoms. The maximum absolute atomic E-state index is 12.0. The van der Waals surface area contributed by atoms with Gasteiger partial charge in [-0.3, -0.25) is 4.79 Å². The number of para-hydroxylation sites is 1. The Bertz CT molecular complexity index is 640. The second-order valence-corrected chi connectivity index (χ2v) is 5.98. The van der Waals surface area contributed by atoms with Crippen LogP contribution in [-0.2, 0) is 11.2 Å². The van der Waals surface area contributed by atoms with Crippen LogP contribution in [0.3, 0.4) is 0 Å². The van der Waals surface area contributed by atoms with E-state index in [1.165, 1.54) is 11.1 Å². The van der Waals surface area contributed by atoms with Crippen LogP contribution < -0.4 is 10.1 Å². The molecule has 2 rings (SSSR count). The summed E-state index contributed by atoms with van der Waals surface area (Å²) in [6.45, 7) is 4.42. The lowest BCUT2D eigenvalue weighted by atomic mass is 10.1. The third kappa shape index (κ3) is 5.61. The highest BCUT2D eigenvalue weighted by Crippen LogP contribution is 2.24. The zero-order chi connectivity index (χ0) is 16.7. The van der Waals surface area contributed by atoms with Gasteiger partial charge in [-0.1, -0.05) is 53.6 Å². The Balaban J connectivity index is 1.72. The second-order valence-electron chi connectivity index (χ2n) is 5.57. The van der Waals surface area contributed by atoms with Crippen molar-refractivity contribution < 1.29 is 9.53 Å². The maximum atomic E-state index is 12.0. The molecule has 0 aliphatic heterocycles. The molecular formula is C19H22ClNO2. The van der Waals surface area contributed by atoms with Crippen molar-refractivity contribution in [2.24, 2.45) is 0 Å². The monoisotopic (exact) mass is 331 g/mol. The maximum Gasteiger partial charge on any atom is 0.260 e. The van der Waals surface area contributed by atoms with Gasteiger partial charge in [0, 0.05) is 6.54 Å². The molecule has 0 saturated carbocycles. The molecular weight excluding hydrogens is 310 g/mol. The number of halogens is 1. The van der Waals surface area contributed by atoms with Crippen LogP contribution in [0.4, 0.5) is 0 Å². The van der Waals surface area contributed by atoms with Gasteiger partial charge in [0.05, 0.1) is 5.02 Å². The Hall–Kier alpha value is -2.00. The Morgan fingerprint density at radius 1 is 1.17 bits per heavy atom. The number of hydrogen-bond donors (Lipinski definition) is 1. The third-order valence-corrected chi connectivity index (χ3v) is 3.88. The summed E-state index contributed by atoms with van der Waals surface area (Å²) in [5.41, 5.74) is 2.54. The lowest BCUT2D eigenvalue weighted by Gasteiger charge is -2.15. The SMILES string of the molecule is Cc1ccc(CCCNC(=O)C(C)Oc2ccccc2Cl)cc1. The summed E-state index contributed by atoms with van der Waals surface area (Å²) in [7, 11) is 0. The molecule has 122 valence electrons. The van der Waals surface area contributed by atoms with E-state index < -0.39 is 6.10 Å². The minimum atomic E-state index is -0.575. The summed E-state index contributed by atoms with van der Waals surface area (Å²) in [5, 5.41) is 3.40. The van der Waals surface area contributed by atoms with Crippen molar-refractivity contribution in [2.75, 3.05) is 6.54 Å². The largest absolute Gasteiger partial charge is 0.479 e. The normalized spacial score (nSPS) is 11.8. The van der Waals surface area contributed by atoms with Crippen LogP contribution in [0, 0.1) is 6.92 Å². The number of rotatable bonds is 7. The Kier molecular flexibility index (Phi) is 6.48. The average molecular weight is 332 g/mol. The van der Waals surface area contributed by atoms with E-state index in [0.717, 1.165) is 12.8 Å². The van der Waals surface area contributed by atoms with Crippen LogP contribution >= 0.6 is 11.6 Å². The first-order chi connectivity index (χ1) is 11.1. The van der Waals surface area contributed by atoms with Crippen molar-refractivity contribution in [3.05, 3.63) is 64.7 Å². The van der Waals surface area contributed by atoms with Gasteiger partial charge in [0.1, 0.15) is 5.75 Å². The highest BCUT2D eigenvalue weighted by molar-refractivity contribution is 6.32. The van der Waals surface area contributed by atoms with E-state index in [4.69, 9.17) is 16.3 Å². The van der Waals surface area contributed by atoms with Gasteiger partial charge in [0.25, 0.3) is 5.91 Å². The topological polar surface area (TPSA) is 38.3 Å². The molecule has 1 N–H and O–H groups in total. The van der Waals surface area contributed by atoms with E-state index in [2.05, 4.69) is 36.5 Å². The molecule has 2 aromatic rings. The lowest BCUT2D eigenvalue weighted by molar-refractivity contribution is -0.127. The number of ether oxygens (including phenoxy) is 1. The molecule has 0 aromatic heterocycles. The zero-order valence-electron chi connectivity index (χ0n) is 13.5. The van der Waals surface area contributed by atoms with Gasteiger partial charge < -0.3 is 10.1 Å². The minimum Gasteiger partial charge on any atom is -0.479 e. The zero-order valence-corrected chi connectivity index (χ0v) is 14.3. The quantitative estimate of drug-likeness (QED) is 0.773. The van der Waals surface area contributed by atoms with Crippen LogP contribution in [0.15, 0.2) is 48.5 Å². The summed E-state index contributed by atoms with van der Waals surface area (Å²) < 4.78 is 5.59. The smallest absolute Gasteiger partial charge is 0.260 e. The van der Waals surface area contributed by atoms with Crippen LogP contribution in [0.2, 0.25) is 5.02 Å². The first-order valence-corrected chi connectivity index (χ1v) is 8.18. The number of hydrogen-bond acceptors (Lipinski definition) is 2. The Labute approximate surface area is 142 Å². The molecule has 0 aliphatic carbocycles. The van der Waals surface area contributed by atoms with Crippen molar-refractivity contribution in [2.45, 2.75) is 32.8 Å². The second kappa shape index (κ2) is 8.59. The van der Waals surface area contributed by atoms with Crippen LogP contribution in [0.5, 0.6) is 5.75 Å². The molecule has 2 aromatic carbocycles. The van der Waals surface area contributed by atoms with Gasteiger partial charge in [-0.25, -0.2) is 0 Å². The number of aryl methyl sites for hydroxylation is 2. The molecule has 3 nitrogen and oxygen atoms in total. The summed E-state index contributed by atoms with van der Waals surface area (Å²) in [6, 6.07) is 15.6. The highest BCUT2D eigenvalue weighted by Gasteiger charge is 2.15. The molecule has 0 bridgehead atoms.